The van der Waals surface area contributed by atoms with Gasteiger partial charge in [0, 0.05) is 16.5 Å². The molecule has 0 atom stereocenters. The van der Waals surface area contributed by atoms with Gasteiger partial charge in [0.1, 0.15) is 18.1 Å². The van der Waals surface area contributed by atoms with Gasteiger partial charge in [0.25, 0.3) is 0 Å². The summed E-state index contributed by atoms with van der Waals surface area (Å²) in [5.74, 6) is 1.58. The Balaban J connectivity index is 1.49. The van der Waals surface area contributed by atoms with Gasteiger partial charge in [0.15, 0.2) is 5.76 Å². The second-order valence-electron chi connectivity index (χ2n) is 6.14. The van der Waals surface area contributed by atoms with E-state index in [1.54, 1.807) is 23.5 Å². The topological polar surface area (TPSA) is 35.5 Å². The molecule has 0 fully saturated rings. The van der Waals surface area contributed by atoms with Crippen molar-refractivity contribution in [3.8, 4) is 11.5 Å². The molecule has 1 aliphatic rings. The lowest BCUT2D eigenvalue weighted by molar-refractivity contribution is 0.101. The molecule has 134 valence electrons. The van der Waals surface area contributed by atoms with E-state index in [1.807, 2.05) is 73.0 Å². The fourth-order valence-electron chi connectivity index (χ4n) is 2.91. The summed E-state index contributed by atoms with van der Waals surface area (Å²) >= 11 is 1.57. The lowest BCUT2D eigenvalue weighted by Crippen LogP contribution is -1.97. The predicted molar refractivity (Wildman–Crippen MR) is 109 cm³/mol. The minimum absolute atomic E-state index is 0.0861. The van der Waals surface area contributed by atoms with Crippen LogP contribution in [0.5, 0.6) is 11.5 Å². The van der Waals surface area contributed by atoms with E-state index < -0.39 is 0 Å². The first kappa shape index (κ1) is 17.3. The largest absolute Gasteiger partial charge is 0.489 e. The molecule has 3 aromatic rings. The van der Waals surface area contributed by atoms with Crippen molar-refractivity contribution in [1.29, 1.82) is 0 Å². The molecule has 1 aliphatic heterocycles. The monoisotopic (exact) mass is 374 g/mol. The van der Waals surface area contributed by atoms with Gasteiger partial charge in [-0.15, -0.1) is 11.3 Å². The van der Waals surface area contributed by atoms with E-state index in [-0.39, 0.29) is 5.78 Å². The van der Waals surface area contributed by atoms with Crippen molar-refractivity contribution in [2.75, 3.05) is 6.61 Å². The molecular weight excluding hydrogens is 356 g/mol. The van der Waals surface area contributed by atoms with Gasteiger partial charge in [0.05, 0.1) is 5.56 Å². The minimum atomic E-state index is -0.0861. The molecule has 2 aromatic carbocycles. The van der Waals surface area contributed by atoms with Gasteiger partial charge in [0.2, 0.25) is 5.78 Å². The Hall–Kier alpha value is -3.11. The number of hydrogen-bond donors (Lipinski definition) is 0. The van der Waals surface area contributed by atoms with Crippen molar-refractivity contribution >= 4 is 29.3 Å². The molecule has 2 heterocycles. The molecule has 0 saturated carbocycles. The predicted octanol–water partition coefficient (Wildman–Crippen LogP) is 5.76. The Morgan fingerprint density at radius 2 is 1.93 bits per heavy atom. The number of hydrogen-bond acceptors (Lipinski definition) is 4. The van der Waals surface area contributed by atoms with Crippen molar-refractivity contribution in [2.24, 2.45) is 0 Å². The number of rotatable bonds is 5. The quantitative estimate of drug-likeness (QED) is 0.532. The van der Waals surface area contributed by atoms with Crippen molar-refractivity contribution in [3.05, 3.63) is 93.4 Å². The molecule has 27 heavy (non-hydrogen) atoms. The van der Waals surface area contributed by atoms with Gasteiger partial charge in [-0.2, -0.15) is 0 Å². The van der Waals surface area contributed by atoms with Gasteiger partial charge in [-0.3, -0.25) is 4.79 Å². The van der Waals surface area contributed by atoms with Crippen molar-refractivity contribution < 1.29 is 14.3 Å². The molecule has 0 spiro atoms. The van der Waals surface area contributed by atoms with Crippen molar-refractivity contribution in [1.82, 2.24) is 0 Å². The van der Waals surface area contributed by atoms with Crippen LogP contribution in [0.2, 0.25) is 0 Å². The van der Waals surface area contributed by atoms with Crippen LogP contribution >= 0.6 is 11.3 Å². The highest BCUT2D eigenvalue weighted by Crippen LogP contribution is 2.39. The normalized spacial score (nSPS) is 14.6. The number of ketones is 1. The average Bonchev–Trinajstić information content (AvgIpc) is 3.31. The lowest BCUT2D eigenvalue weighted by atomic mass is 10.1. The van der Waals surface area contributed by atoms with Crippen LogP contribution in [0.15, 0.2) is 71.8 Å². The Kier molecular flexibility index (Phi) is 4.90. The molecule has 1 aromatic heterocycles. The number of benzene rings is 2. The molecule has 3 nitrogen and oxygen atoms in total. The number of ether oxygens (including phenoxy) is 2. The summed E-state index contributed by atoms with van der Waals surface area (Å²) < 4.78 is 11.7. The van der Waals surface area contributed by atoms with E-state index in [2.05, 4.69) is 0 Å². The first-order valence-electron chi connectivity index (χ1n) is 8.68. The number of carbonyl (C=O) groups excluding carboxylic acids is 1. The number of thiophene rings is 1. The Bertz CT molecular complexity index is 1020. The van der Waals surface area contributed by atoms with E-state index in [9.17, 15) is 4.79 Å². The number of allylic oxidation sites excluding steroid dienone is 1. The van der Waals surface area contributed by atoms with Gasteiger partial charge in [-0.1, -0.05) is 42.5 Å². The van der Waals surface area contributed by atoms with E-state index in [4.69, 9.17) is 9.47 Å². The van der Waals surface area contributed by atoms with Gasteiger partial charge in [-0.25, -0.2) is 0 Å². The van der Waals surface area contributed by atoms with Gasteiger partial charge in [-0.05, 0) is 42.1 Å². The van der Waals surface area contributed by atoms with Crippen molar-refractivity contribution in [3.63, 3.8) is 0 Å². The molecule has 0 radical (unpaired) electrons. The zero-order valence-corrected chi connectivity index (χ0v) is 15.7. The first-order chi connectivity index (χ1) is 13.2. The van der Waals surface area contributed by atoms with Crippen LogP contribution < -0.4 is 9.47 Å². The Morgan fingerprint density at radius 3 is 2.70 bits per heavy atom. The molecule has 4 heteroatoms. The van der Waals surface area contributed by atoms with E-state index >= 15 is 0 Å². The summed E-state index contributed by atoms with van der Waals surface area (Å²) in [6.07, 6.45) is 5.77. The second kappa shape index (κ2) is 7.64. The zero-order valence-electron chi connectivity index (χ0n) is 14.8. The molecule has 4 rings (SSSR count). The molecule has 0 saturated heterocycles. The van der Waals surface area contributed by atoms with Crippen LogP contribution in [-0.4, -0.2) is 12.4 Å². The van der Waals surface area contributed by atoms with E-state index in [0.29, 0.717) is 23.7 Å². The molecule has 0 aliphatic carbocycles. The molecule has 0 unspecified atom stereocenters. The number of carbonyl (C=O) groups is 1. The van der Waals surface area contributed by atoms with Crippen LogP contribution in [0.4, 0.5) is 0 Å². The maximum atomic E-state index is 12.6. The third-order valence-electron chi connectivity index (χ3n) is 4.30. The zero-order chi connectivity index (χ0) is 18.6. The second-order valence-corrected chi connectivity index (χ2v) is 7.12. The third-order valence-corrected chi connectivity index (χ3v) is 5.12. The molecule has 0 N–H and O–H groups in total. The summed E-state index contributed by atoms with van der Waals surface area (Å²) in [5, 5.41) is 1.97. The lowest BCUT2D eigenvalue weighted by Gasteiger charge is -2.10. The summed E-state index contributed by atoms with van der Waals surface area (Å²) in [6.45, 7) is 2.36. The SMILES string of the molecule is Cc1c(OC/C=C/c2ccccc2)ccc2c1O/C(=C\c1cccs1)C2=O. The fraction of sp³-hybridized carbons (Fsp3) is 0.0870. The summed E-state index contributed by atoms with van der Waals surface area (Å²) in [4.78, 5) is 13.6. The van der Waals surface area contributed by atoms with Crippen LogP contribution in [0, 0.1) is 6.92 Å². The Morgan fingerprint density at radius 1 is 1.07 bits per heavy atom. The fourth-order valence-corrected chi connectivity index (χ4v) is 3.56. The van der Waals surface area contributed by atoms with Crippen LogP contribution in [0.3, 0.4) is 0 Å². The summed E-state index contributed by atoms with van der Waals surface area (Å²) in [7, 11) is 0. The van der Waals surface area contributed by atoms with Gasteiger partial charge >= 0.3 is 0 Å². The van der Waals surface area contributed by atoms with Crippen LogP contribution in [0.1, 0.15) is 26.4 Å². The van der Waals surface area contributed by atoms with E-state index in [1.165, 1.54) is 0 Å². The minimum Gasteiger partial charge on any atom is -0.489 e. The molecule has 0 bridgehead atoms. The number of Topliss-reactive ketones (excluding diaryl/α,β-unsaturated/α-hetero) is 1. The maximum absolute atomic E-state index is 12.6. The highest BCUT2D eigenvalue weighted by molar-refractivity contribution is 7.10. The number of fused-ring (bicyclic) bond motifs is 1. The van der Waals surface area contributed by atoms with E-state index in [0.717, 1.165) is 21.8 Å². The maximum Gasteiger partial charge on any atom is 0.232 e. The third kappa shape index (κ3) is 3.71. The summed E-state index contributed by atoms with van der Waals surface area (Å²) in [6, 6.07) is 17.6. The Labute approximate surface area is 162 Å². The van der Waals surface area contributed by atoms with Crippen LogP contribution in [-0.2, 0) is 0 Å². The standard InChI is InChI=1S/C23H18O3S/c1-16-20(25-13-5-9-17-7-3-2-4-8-17)12-11-19-22(24)21(26-23(16)19)15-18-10-6-14-27-18/h2-12,14-15H,13H2,1H3/b9-5+,21-15-. The average molecular weight is 374 g/mol. The molecular formula is C23H18O3S. The van der Waals surface area contributed by atoms with Gasteiger partial charge < -0.3 is 9.47 Å². The first-order valence-corrected chi connectivity index (χ1v) is 9.56. The van der Waals surface area contributed by atoms with Crippen molar-refractivity contribution in [2.45, 2.75) is 6.92 Å². The smallest absolute Gasteiger partial charge is 0.232 e. The molecule has 0 amide bonds. The van der Waals surface area contributed by atoms with Crippen LogP contribution in [0.25, 0.3) is 12.2 Å². The summed E-state index contributed by atoms with van der Waals surface area (Å²) in [5.41, 5.74) is 2.55. The highest BCUT2D eigenvalue weighted by Gasteiger charge is 2.30. The highest BCUT2D eigenvalue weighted by atomic mass is 32.1.